The van der Waals surface area contributed by atoms with Crippen molar-refractivity contribution in [2.75, 3.05) is 31.6 Å². The second kappa shape index (κ2) is 5.71. The number of likely N-dealkylation sites (tertiary alicyclic amines) is 1. The van der Waals surface area contributed by atoms with Crippen LogP contribution in [0.2, 0.25) is 0 Å². The normalized spacial score (nSPS) is 20.6. The molecule has 0 unspecified atom stereocenters. The molecule has 2 aliphatic rings. The van der Waals surface area contributed by atoms with Gasteiger partial charge in [0.15, 0.2) is 0 Å². The molecule has 5 nitrogen and oxygen atoms in total. The number of carbonyl (C=O) groups excluding carboxylic acids is 1. The van der Waals surface area contributed by atoms with Crippen LogP contribution in [-0.2, 0) is 11.2 Å². The molecule has 1 aromatic rings. The molecule has 108 valence electrons. The first-order valence-corrected chi connectivity index (χ1v) is 7.20. The van der Waals surface area contributed by atoms with Gasteiger partial charge in [0.05, 0.1) is 18.4 Å². The molecule has 0 spiro atoms. The zero-order chi connectivity index (χ0) is 13.9. The molecule has 5 heteroatoms. The first kappa shape index (κ1) is 13.2. The summed E-state index contributed by atoms with van der Waals surface area (Å²) in [6.45, 7) is 4.77. The summed E-state index contributed by atoms with van der Waals surface area (Å²) in [7, 11) is 0. The Morgan fingerprint density at radius 1 is 1.55 bits per heavy atom. The molecule has 1 aromatic carbocycles. The van der Waals surface area contributed by atoms with E-state index in [1.807, 2.05) is 25.1 Å². The van der Waals surface area contributed by atoms with Crippen LogP contribution in [0.3, 0.4) is 0 Å². The monoisotopic (exact) mass is 276 g/mol. The molecule has 0 radical (unpaired) electrons. The Morgan fingerprint density at radius 3 is 3.30 bits per heavy atom. The summed E-state index contributed by atoms with van der Waals surface area (Å²) >= 11 is 0. The average Bonchev–Trinajstić information content (AvgIpc) is 3.08. The van der Waals surface area contributed by atoms with Crippen LogP contribution in [-0.4, -0.2) is 43.3 Å². The third-order valence-electron chi connectivity index (χ3n) is 3.79. The first-order valence-electron chi connectivity index (χ1n) is 7.20. The molecule has 1 atom stereocenters. The molecule has 0 aromatic heterocycles. The lowest BCUT2D eigenvalue weighted by molar-refractivity contribution is 0.0716. The van der Waals surface area contributed by atoms with E-state index in [0.717, 1.165) is 36.4 Å². The number of urea groups is 1. The van der Waals surface area contributed by atoms with Crippen molar-refractivity contribution in [2.24, 2.45) is 0 Å². The minimum absolute atomic E-state index is 0.0731. The van der Waals surface area contributed by atoms with Gasteiger partial charge in [-0.2, -0.15) is 0 Å². The summed E-state index contributed by atoms with van der Waals surface area (Å²) in [5, 5.41) is 2.95. The zero-order valence-corrected chi connectivity index (χ0v) is 11.7. The standard InChI is InChI=1S/C15H20N2O3/c1-2-19-12-6-8-17(10-12)15(18)16-13-5-3-4-11-7-9-20-14(11)13/h3-5,12H,2,6-10H2,1H3,(H,16,18)/t12-/m0/s1. The van der Waals surface area contributed by atoms with Gasteiger partial charge in [-0.15, -0.1) is 0 Å². The number of hydrogen-bond acceptors (Lipinski definition) is 3. The van der Waals surface area contributed by atoms with Crippen molar-refractivity contribution in [2.45, 2.75) is 25.9 Å². The molecule has 1 fully saturated rings. The van der Waals surface area contributed by atoms with Crippen LogP contribution in [0.5, 0.6) is 5.75 Å². The molecule has 20 heavy (non-hydrogen) atoms. The van der Waals surface area contributed by atoms with Crippen LogP contribution in [0, 0.1) is 0 Å². The number of amides is 2. The Labute approximate surface area is 118 Å². The fourth-order valence-corrected chi connectivity index (χ4v) is 2.79. The fraction of sp³-hybridized carbons (Fsp3) is 0.533. The van der Waals surface area contributed by atoms with Gasteiger partial charge in [-0.05, 0) is 25.0 Å². The number of carbonyl (C=O) groups is 1. The van der Waals surface area contributed by atoms with Crippen LogP contribution < -0.4 is 10.1 Å². The second-order valence-corrected chi connectivity index (χ2v) is 5.13. The Bertz CT molecular complexity index is 504. The fourth-order valence-electron chi connectivity index (χ4n) is 2.79. The highest BCUT2D eigenvalue weighted by Crippen LogP contribution is 2.33. The lowest BCUT2D eigenvalue weighted by Gasteiger charge is -2.18. The number of benzene rings is 1. The van der Waals surface area contributed by atoms with Gasteiger partial charge in [0.2, 0.25) is 0 Å². The average molecular weight is 276 g/mol. The maximum absolute atomic E-state index is 12.3. The molecule has 2 aliphatic heterocycles. The van der Waals surface area contributed by atoms with E-state index in [1.54, 1.807) is 4.90 Å². The molecular formula is C15H20N2O3. The van der Waals surface area contributed by atoms with Gasteiger partial charge >= 0.3 is 6.03 Å². The summed E-state index contributed by atoms with van der Waals surface area (Å²) in [5.74, 6) is 0.821. The third-order valence-corrected chi connectivity index (χ3v) is 3.79. The number of rotatable bonds is 3. The molecule has 1 N–H and O–H groups in total. The predicted molar refractivity (Wildman–Crippen MR) is 76.3 cm³/mol. The number of para-hydroxylation sites is 1. The lowest BCUT2D eigenvalue weighted by Crippen LogP contribution is -2.34. The maximum atomic E-state index is 12.3. The van der Waals surface area contributed by atoms with Gasteiger partial charge in [-0.1, -0.05) is 12.1 Å². The van der Waals surface area contributed by atoms with E-state index >= 15 is 0 Å². The molecule has 0 saturated carbocycles. The maximum Gasteiger partial charge on any atom is 0.322 e. The SMILES string of the molecule is CCO[C@H]1CCN(C(=O)Nc2cccc3c2OCC3)C1. The van der Waals surface area contributed by atoms with Crippen LogP contribution in [0.15, 0.2) is 18.2 Å². The van der Waals surface area contributed by atoms with Crippen molar-refractivity contribution in [3.05, 3.63) is 23.8 Å². The zero-order valence-electron chi connectivity index (χ0n) is 11.7. The van der Waals surface area contributed by atoms with E-state index in [-0.39, 0.29) is 12.1 Å². The molecule has 0 aliphatic carbocycles. The van der Waals surface area contributed by atoms with Crippen molar-refractivity contribution in [1.29, 1.82) is 0 Å². The number of nitrogens with zero attached hydrogens (tertiary/aromatic N) is 1. The van der Waals surface area contributed by atoms with Crippen LogP contribution >= 0.6 is 0 Å². The summed E-state index contributed by atoms with van der Waals surface area (Å²) in [4.78, 5) is 14.1. The van der Waals surface area contributed by atoms with E-state index < -0.39 is 0 Å². The van der Waals surface area contributed by atoms with Gasteiger partial charge in [-0.25, -0.2) is 4.79 Å². The second-order valence-electron chi connectivity index (χ2n) is 5.13. The van der Waals surface area contributed by atoms with Crippen LogP contribution in [0.1, 0.15) is 18.9 Å². The number of nitrogens with one attached hydrogen (secondary N) is 1. The van der Waals surface area contributed by atoms with E-state index in [9.17, 15) is 4.79 Å². The van der Waals surface area contributed by atoms with E-state index in [4.69, 9.17) is 9.47 Å². The number of ether oxygens (including phenoxy) is 2. The van der Waals surface area contributed by atoms with Crippen molar-refractivity contribution < 1.29 is 14.3 Å². The molecule has 0 bridgehead atoms. The minimum Gasteiger partial charge on any atom is -0.491 e. The molecule has 2 heterocycles. The van der Waals surface area contributed by atoms with Gasteiger partial charge in [-0.3, -0.25) is 0 Å². The number of anilines is 1. The number of fused-ring (bicyclic) bond motifs is 1. The van der Waals surface area contributed by atoms with Gasteiger partial charge in [0.1, 0.15) is 5.75 Å². The minimum atomic E-state index is -0.0731. The topological polar surface area (TPSA) is 50.8 Å². The van der Waals surface area contributed by atoms with Crippen molar-refractivity contribution in [3.8, 4) is 5.75 Å². The first-order chi connectivity index (χ1) is 9.78. The molecular weight excluding hydrogens is 256 g/mol. The predicted octanol–water partition coefficient (Wildman–Crippen LogP) is 2.26. The van der Waals surface area contributed by atoms with E-state index in [2.05, 4.69) is 5.32 Å². The van der Waals surface area contributed by atoms with Crippen molar-refractivity contribution >= 4 is 11.7 Å². The lowest BCUT2D eigenvalue weighted by atomic mass is 10.1. The quantitative estimate of drug-likeness (QED) is 0.921. The largest absolute Gasteiger partial charge is 0.491 e. The molecule has 1 saturated heterocycles. The Hall–Kier alpha value is -1.75. The van der Waals surface area contributed by atoms with Crippen LogP contribution in [0.4, 0.5) is 10.5 Å². The van der Waals surface area contributed by atoms with Gasteiger partial charge in [0, 0.05) is 26.1 Å². The summed E-state index contributed by atoms with van der Waals surface area (Å²) in [6.07, 6.45) is 1.99. The van der Waals surface area contributed by atoms with Crippen molar-refractivity contribution in [1.82, 2.24) is 4.90 Å². The van der Waals surface area contributed by atoms with Gasteiger partial charge in [0.25, 0.3) is 0 Å². The number of hydrogen-bond donors (Lipinski definition) is 1. The van der Waals surface area contributed by atoms with E-state index in [1.165, 1.54) is 0 Å². The Morgan fingerprint density at radius 2 is 2.45 bits per heavy atom. The Kier molecular flexibility index (Phi) is 3.78. The van der Waals surface area contributed by atoms with Crippen LogP contribution in [0.25, 0.3) is 0 Å². The summed E-state index contributed by atoms with van der Waals surface area (Å²) in [6, 6.07) is 5.81. The summed E-state index contributed by atoms with van der Waals surface area (Å²) < 4.78 is 11.2. The highest BCUT2D eigenvalue weighted by atomic mass is 16.5. The van der Waals surface area contributed by atoms with Crippen molar-refractivity contribution in [3.63, 3.8) is 0 Å². The van der Waals surface area contributed by atoms with Gasteiger partial charge < -0.3 is 19.7 Å². The summed E-state index contributed by atoms with van der Waals surface area (Å²) in [5.41, 5.74) is 1.93. The molecule has 3 rings (SSSR count). The Balaban J connectivity index is 1.64. The highest BCUT2D eigenvalue weighted by molar-refractivity contribution is 5.91. The third kappa shape index (κ3) is 2.58. The van der Waals surface area contributed by atoms with E-state index in [0.29, 0.717) is 19.8 Å². The smallest absolute Gasteiger partial charge is 0.322 e. The molecule has 2 amide bonds. The highest BCUT2D eigenvalue weighted by Gasteiger charge is 2.27.